The normalized spacial score (nSPS) is 16.7. The molecule has 10 heteroatoms. The van der Waals surface area contributed by atoms with E-state index in [0.717, 1.165) is 102 Å². The van der Waals surface area contributed by atoms with Gasteiger partial charge in [0.1, 0.15) is 17.5 Å². The molecule has 46 heavy (non-hydrogen) atoms. The summed E-state index contributed by atoms with van der Waals surface area (Å²) in [4.78, 5) is 34.0. The molecule has 0 unspecified atom stereocenters. The van der Waals surface area contributed by atoms with Crippen LogP contribution >= 0.6 is 0 Å². The molecular formula is C36H37FN6O3. The van der Waals surface area contributed by atoms with Gasteiger partial charge in [-0.15, -0.1) is 0 Å². The van der Waals surface area contributed by atoms with E-state index in [1.807, 2.05) is 54.9 Å². The number of hydrogen-bond donors (Lipinski definition) is 3. The van der Waals surface area contributed by atoms with Gasteiger partial charge in [-0.1, -0.05) is 25.3 Å². The predicted molar refractivity (Wildman–Crippen MR) is 177 cm³/mol. The summed E-state index contributed by atoms with van der Waals surface area (Å²) in [7, 11) is 1.93. The number of fused-ring (bicyclic) bond motifs is 2. The number of imidazole rings is 1. The third-order valence-corrected chi connectivity index (χ3v) is 9.91. The standard InChI is InChI=1S/C36H37FN6O3/c1-21-26-18-23(11-13-29(26)43(25-7-4-3-5-8-25)32(21)27-19-24(37)20-39-33(27)38)34(46)41-36(15-6-16-36)35-40-28-12-9-22(10-14-31(44)45)17-30(28)42(35)2/h9-14,17-20,25H,3-8,15-16H2,1-2H3,(H2,38,39)(H,41,46)(H,44,45). The molecule has 0 bridgehead atoms. The lowest BCUT2D eigenvalue weighted by atomic mass is 9.75. The number of amides is 1. The summed E-state index contributed by atoms with van der Waals surface area (Å²) in [5, 5.41) is 13.3. The van der Waals surface area contributed by atoms with Gasteiger partial charge < -0.3 is 25.3 Å². The molecule has 0 saturated heterocycles. The van der Waals surface area contributed by atoms with Crippen LogP contribution < -0.4 is 11.1 Å². The molecule has 0 aliphatic heterocycles. The Labute approximate surface area is 265 Å². The highest BCUT2D eigenvalue weighted by Crippen LogP contribution is 2.44. The fourth-order valence-corrected chi connectivity index (χ4v) is 7.44. The van der Waals surface area contributed by atoms with Crippen LogP contribution in [0.4, 0.5) is 10.2 Å². The molecule has 0 spiro atoms. The number of nitrogens with one attached hydrogen (secondary N) is 1. The van der Waals surface area contributed by atoms with E-state index in [2.05, 4.69) is 14.9 Å². The van der Waals surface area contributed by atoms with Crippen LogP contribution in [0.1, 0.15) is 84.7 Å². The molecule has 0 radical (unpaired) electrons. The highest BCUT2D eigenvalue weighted by atomic mass is 19.1. The molecule has 2 fully saturated rings. The van der Waals surface area contributed by atoms with Crippen molar-refractivity contribution in [2.75, 3.05) is 5.73 Å². The number of benzene rings is 2. The van der Waals surface area contributed by atoms with E-state index < -0.39 is 17.3 Å². The molecule has 3 heterocycles. The summed E-state index contributed by atoms with van der Waals surface area (Å²) in [5.74, 6) is -0.575. The number of nitrogen functional groups attached to an aromatic ring is 1. The van der Waals surface area contributed by atoms with Crippen molar-refractivity contribution in [3.05, 3.63) is 83.1 Å². The Bertz CT molecular complexity index is 2050. The number of aryl methyl sites for hydroxylation is 2. The zero-order valence-electron chi connectivity index (χ0n) is 26.0. The number of halogens is 1. The molecule has 9 nitrogen and oxygen atoms in total. The number of carbonyl (C=O) groups is 2. The molecule has 2 aliphatic carbocycles. The van der Waals surface area contributed by atoms with Crippen LogP contribution in [0.15, 0.2) is 54.7 Å². The Morgan fingerprint density at radius 2 is 1.85 bits per heavy atom. The second-order valence-electron chi connectivity index (χ2n) is 12.8. The van der Waals surface area contributed by atoms with Gasteiger partial charge in [-0.25, -0.2) is 19.2 Å². The van der Waals surface area contributed by atoms with Gasteiger partial charge in [0.05, 0.1) is 28.5 Å². The largest absolute Gasteiger partial charge is 0.478 e. The van der Waals surface area contributed by atoms with Gasteiger partial charge in [-0.2, -0.15) is 0 Å². The Kier molecular flexibility index (Phi) is 7.38. The summed E-state index contributed by atoms with van der Waals surface area (Å²) in [5.41, 5.74) is 12.0. The van der Waals surface area contributed by atoms with Gasteiger partial charge in [-0.05, 0) is 92.6 Å². The molecule has 5 aromatic rings. The Morgan fingerprint density at radius 1 is 1.07 bits per heavy atom. The maximum absolute atomic E-state index is 14.5. The fraction of sp³-hybridized carbons (Fsp3) is 0.333. The number of aliphatic carboxylic acids is 1. The first-order valence-corrected chi connectivity index (χ1v) is 15.9. The Balaban J connectivity index is 1.26. The molecule has 2 aliphatic rings. The van der Waals surface area contributed by atoms with Gasteiger partial charge in [0.15, 0.2) is 0 Å². The molecule has 0 atom stereocenters. The van der Waals surface area contributed by atoms with E-state index in [1.165, 1.54) is 12.5 Å². The lowest BCUT2D eigenvalue weighted by molar-refractivity contribution is -0.131. The van der Waals surface area contributed by atoms with Gasteiger partial charge in [0.2, 0.25) is 0 Å². The molecule has 3 aromatic heterocycles. The number of hydrogen-bond acceptors (Lipinski definition) is 5. The van der Waals surface area contributed by atoms with E-state index in [-0.39, 0.29) is 17.8 Å². The van der Waals surface area contributed by atoms with Gasteiger partial charge in [0.25, 0.3) is 5.91 Å². The molecule has 236 valence electrons. The van der Waals surface area contributed by atoms with Crippen molar-refractivity contribution < 1.29 is 19.1 Å². The monoisotopic (exact) mass is 620 g/mol. The third kappa shape index (κ3) is 5.02. The topological polar surface area (TPSA) is 128 Å². The fourth-order valence-electron chi connectivity index (χ4n) is 7.44. The van der Waals surface area contributed by atoms with Crippen LogP contribution in [-0.4, -0.2) is 36.1 Å². The van der Waals surface area contributed by atoms with Crippen LogP contribution in [0, 0.1) is 12.7 Å². The minimum absolute atomic E-state index is 0.183. The van der Waals surface area contributed by atoms with Gasteiger partial charge in [0, 0.05) is 41.2 Å². The summed E-state index contributed by atoms with van der Waals surface area (Å²) >= 11 is 0. The second kappa shape index (κ2) is 11.4. The maximum atomic E-state index is 14.5. The maximum Gasteiger partial charge on any atom is 0.328 e. The smallest absolute Gasteiger partial charge is 0.328 e. The first-order valence-electron chi connectivity index (χ1n) is 15.9. The van der Waals surface area contributed by atoms with Crippen molar-refractivity contribution in [2.24, 2.45) is 7.05 Å². The van der Waals surface area contributed by atoms with Crippen LogP contribution in [0.3, 0.4) is 0 Å². The highest BCUT2D eigenvalue weighted by molar-refractivity contribution is 6.01. The summed E-state index contributed by atoms with van der Waals surface area (Å²) in [6.07, 6.45) is 11.8. The van der Waals surface area contributed by atoms with Crippen LogP contribution in [-0.2, 0) is 17.4 Å². The van der Waals surface area contributed by atoms with E-state index >= 15 is 0 Å². The van der Waals surface area contributed by atoms with E-state index in [9.17, 15) is 14.0 Å². The SMILES string of the molecule is Cc1c(-c2cc(F)cnc2N)n(C2CCCCC2)c2ccc(C(=O)NC3(c4nc5ccc(C=CC(=O)O)cc5n4C)CCC3)cc12. The third-order valence-electron chi connectivity index (χ3n) is 9.91. The molecule has 4 N–H and O–H groups in total. The second-order valence-corrected chi connectivity index (χ2v) is 12.8. The number of carboxylic acid groups (broad SMARTS) is 1. The molecule has 1 amide bonds. The summed E-state index contributed by atoms with van der Waals surface area (Å²) in [6, 6.07) is 13.1. The number of pyridine rings is 1. The van der Waals surface area contributed by atoms with Gasteiger partial charge in [-0.3, -0.25) is 4.79 Å². The van der Waals surface area contributed by atoms with E-state index in [1.54, 1.807) is 6.08 Å². The van der Waals surface area contributed by atoms with Crippen molar-refractivity contribution in [3.8, 4) is 11.3 Å². The first-order chi connectivity index (χ1) is 22.1. The molecular weight excluding hydrogens is 583 g/mol. The average molecular weight is 621 g/mol. The summed E-state index contributed by atoms with van der Waals surface area (Å²) < 4.78 is 18.8. The van der Waals surface area contributed by atoms with Crippen molar-refractivity contribution in [2.45, 2.75) is 69.9 Å². The lowest BCUT2D eigenvalue weighted by Crippen LogP contribution is -2.52. The zero-order chi connectivity index (χ0) is 32.2. The summed E-state index contributed by atoms with van der Waals surface area (Å²) in [6.45, 7) is 2.01. The number of aromatic nitrogens is 4. The number of carboxylic acids is 1. The Morgan fingerprint density at radius 3 is 2.57 bits per heavy atom. The van der Waals surface area contributed by atoms with E-state index in [0.29, 0.717) is 11.1 Å². The lowest BCUT2D eigenvalue weighted by Gasteiger charge is -2.41. The van der Waals surface area contributed by atoms with Crippen LogP contribution in [0.2, 0.25) is 0 Å². The minimum atomic E-state index is -1.01. The van der Waals surface area contributed by atoms with Crippen molar-refractivity contribution >= 4 is 45.7 Å². The quantitative estimate of drug-likeness (QED) is 0.168. The minimum Gasteiger partial charge on any atom is -0.478 e. The highest BCUT2D eigenvalue weighted by Gasteiger charge is 2.44. The number of anilines is 1. The molecule has 2 aromatic carbocycles. The average Bonchev–Trinajstić information content (AvgIpc) is 3.52. The number of nitrogens with zero attached hydrogens (tertiary/aromatic N) is 4. The number of rotatable bonds is 7. The van der Waals surface area contributed by atoms with E-state index in [4.69, 9.17) is 15.8 Å². The Hall–Kier alpha value is -4.99. The van der Waals surface area contributed by atoms with Crippen LogP contribution in [0.5, 0.6) is 0 Å². The number of carbonyl (C=O) groups excluding carboxylic acids is 1. The molecule has 7 rings (SSSR count). The zero-order valence-corrected chi connectivity index (χ0v) is 26.0. The number of nitrogens with two attached hydrogens (primary N) is 1. The van der Waals surface area contributed by atoms with Crippen molar-refractivity contribution in [3.63, 3.8) is 0 Å². The first kappa shape index (κ1) is 29.7. The van der Waals surface area contributed by atoms with Crippen LogP contribution in [0.25, 0.3) is 39.3 Å². The van der Waals surface area contributed by atoms with Crippen molar-refractivity contribution in [1.82, 2.24) is 24.4 Å². The molecule has 2 saturated carbocycles. The van der Waals surface area contributed by atoms with Gasteiger partial charge >= 0.3 is 5.97 Å². The van der Waals surface area contributed by atoms with Crippen molar-refractivity contribution in [1.29, 1.82) is 0 Å². The predicted octanol–water partition coefficient (Wildman–Crippen LogP) is 7.03.